The quantitative estimate of drug-likeness (QED) is 0.481. The third-order valence-corrected chi connectivity index (χ3v) is 4.46. The Hall–Kier alpha value is -3.94. The van der Waals surface area contributed by atoms with Gasteiger partial charge in [0.15, 0.2) is 11.6 Å². The number of nitrogens with zero attached hydrogens (tertiary/aromatic N) is 3. The molecular weight excluding hydrogens is 387 g/mol. The standard InChI is InChI=1S/C22H19FN4O3/c1-28-15-6-3-7-16(9-15)30-22-14(5-4-8-24-22)12-25-21-17-10-20(29-2)18(23)11-19(17)26-13-27-21/h3-11,13H,12H2,1-2H3,(H,25,26,27). The van der Waals surface area contributed by atoms with Gasteiger partial charge in [0.05, 0.1) is 19.7 Å². The molecule has 8 heteroatoms. The van der Waals surface area contributed by atoms with E-state index in [9.17, 15) is 4.39 Å². The number of methoxy groups -OCH3 is 2. The van der Waals surface area contributed by atoms with Crippen molar-refractivity contribution in [3.05, 3.63) is 72.4 Å². The Balaban J connectivity index is 1.59. The fourth-order valence-electron chi connectivity index (χ4n) is 2.96. The second-order valence-electron chi connectivity index (χ2n) is 6.33. The zero-order valence-corrected chi connectivity index (χ0v) is 16.4. The van der Waals surface area contributed by atoms with Gasteiger partial charge in [-0.05, 0) is 24.3 Å². The molecule has 0 aliphatic heterocycles. The van der Waals surface area contributed by atoms with E-state index in [1.165, 1.54) is 19.5 Å². The van der Waals surface area contributed by atoms with Gasteiger partial charge in [-0.25, -0.2) is 19.3 Å². The molecule has 0 spiro atoms. The van der Waals surface area contributed by atoms with Gasteiger partial charge in [0.25, 0.3) is 0 Å². The highest BCUT2D eigenvalue weighted by molar-refractivity contribution is 5.90. The van der Waals surface area contributed by atoms with Gasteiger partial charge < -0.3 is 19.5 Å². The van der Waals surface area contributed by atoms with E-state index in [1.54, 1.807) is 25.4 Å². The number of fused-ring (bicyclic) bond motifs is 1. The lowest BCUT2D eigenvalue weighted by Crippen LogP contribution is -2.05. The van der Waals surface area contributed by atoms with Crippen LogP contribution in [0.3, 0.4) is 0 Å². The first-order valence-corrected chi connectivity index (χ1v) is 9.16. The fraction of sp³-hybridized carbons (Fsp3) is 0.136. The summed E-state index contributed by atoms with van der Waals surface area (Å²) >= 11 is 0. The summed E-state index contributed by atoms with van der Waals surface area (Å²) in [4.78, 5) is 12.8. The molecule has 0 unspecified atom stereocenters. The molecule has 0 fully saturated rings. The third-order valence-electron chi connectivity index (χ3n) is 4.46. The van der Waals surface area contributed by atoms with Crippen LogP contribution in [0.2, 0.25) is 0 Å². The normalized spacial score (nSPS) is 10.6. The topological polar surface area (TPSA) is 78.4 Å². The number of nitrogens with one attached hydrogen (secondary N) is 1. The summed E-state index contributed by atoms with van der Waals surface area (Å²) < 4.78 is 30.2. The summed E-state index contributed by atoms with van der Waals surface area (Å²) in [7, 11) is 3.01. The van der Waals surface area contributed by atoms with E-state index in [-0.39, 0.29) is 5.75 Å². The zero-order chi connectivity index (χ0) is 20.9. The van der Waals surface area contributed by atoms with Crippen LogP contribution >= 0.6 is 0 Å². The Labute approximate surface area is 172 Å². The number of benzene rings is 2. The van der Waals surface area contributed by atoms with Gasteiger partial charge in [-0.3, -0.25) is 0 Å². The summed E-state index contributed by atoms with van der Waals surface area (Å²) in [6, 6.07) is 13.9. The second-order valence-corrected chi connectivity index (χ2v) is 6.33. The van der Waals surface area contributed by atoms with Gasteiger partial charge in [-0.15, -0.1) is 0 Å². The number of anilines is 1. The zero-order valence-electron chi connectivity index (χ0n) is 16.4. The molecule has 4 aromatic rings. The number of hydrogen-bond donors (Lipinski definition) is 1. The van der Waals surface area contributed by atoms with Crippen LogP contribution in [-0.4, -0.2) is 29.2 Å². The Kier molecular flexibility index (Phi) is 5.56. The predicted octanol–water partition coefficient (Wildman–Crippen LogP) is 4.59. The van der Waals surface area contributed by atoms with Crippen molar-refractivity contribution < 1.29 is 18.6 Å². The van der Waals surface area contributed by atoms with Crippen molar-refractivity contribution in [3.8, 4) is 23.1 Å². The lowest BCUT2D eigenvalue weighted by Gasteiger charge is -2.13. The number of aromatic nitrogens is 3. The highest BCUT2D eigenvalue weighted by atomic mass is 19.1. The van der Waals surface area contributed by atoms with Crippen molar-refractivity contribution >= 4 is 16.7 Å². The summed E-state index contributed by atoms with van der Waals surface area (Å²) in [6.07, 6.45) is 3.04. The molecule has 0 aliphatic rings. The van der Waals surface area contributed by atoms with Gasteiger partial charge in [0.1, 0.15) is 23.6 Å². The predicted molar refractivity (Wildman–Crippen MR) is 111 cm³/mol. The van der Waals surface area contributed by atoms with E-state index in [2.05, 4.69) is 20.3 Å². The van der Waals surface area contributed by atoms with Crippen LogP contribution < -0.4 is 19.5 Å². The Morgan fingerprint density at radius 2 is 1.80 bits per heavy atom. The molecular formula is C22H19FN4O3. The van der Waals surface area contributed by atoms with Crippen LogP contribution in [0, 0.1) is 5.82 Å². The minimum Gasteiger partial charge on any atom is -0.497 e. The van der Waals surface area contributed by atoms with Crippen LogP contribution in [0.25, 0.3) is 10.9 Å². The van der Waals surface area contributed by atoms with E-state index in [0.717, 1.165) is 5.56 Å². The molecule has 152 valence electrons. The maximum Gasteiger partial charge on any atom is 0.224 e. The minimum absolute atomic E-state index is 0.128. The Morgan fingerprint density at radius 1 is 0.933 bits per heavy atom. The average molecular weight is 406 g/mol. The number of pyridine rings is 1. The molecule has 1 N–H and O–H groups in total. The maximum atomic E-state index is 14.0. The smallest absolute Gasteiger partial charge is 0.224 e. The lowest BCUT2D eigenvalue weighted by atomic mass is 10.2. The van der Waals surface area contributed by atoms with Crippen molar-refractivity contribution in [3.63, 3.8) is 0 Å². The first kappa shape index (κ1) is 19.4. The average Bonchev–Trinajstić information content (AvgIpc) is 2.78. The first-order valence-electron chi connectivity index (χ1n) is 9.16. The van der Waals surface area contributed by atoms with E-state index in [0.29, 0.717) is 40.6 Å². The van der Waals surface area contributed by atoms with E-state index in [4.69, 9.17) is 14.2 Å². The van der Waals surface area contributed by atoms with Crippen molar-refractivity contribution in [1.29, 1.82) is 0 Å². The molecule has 0 aliphatic carbocycles. The molecule has 0 saturated heterocycles. The largest absolute Gasteiger partial charge is 0.497 e. The second kappa shape index (κ2) is 8.60. The van der Waals surface area contributed by atoms with Crippen LogP contribution in [0.5, 0.6) is 23.1 Å². The van der Waals surface area contributed by atoms with Crippen LogP contribution in [0.1, 0.15) is 5.56 Å². The molecule has 30 heavy (non-hydrogen) atoms. The summed E-state index contributed by atoms with van der Waals surface area (Å²) in [5, 5.41) is 3.90. The molecule has 0 atom stereocenters. The third kappa shape index (κ3) is 4.07. The summed E-state index contributed by atoms with van der Waals surface area (Å²) in [5.41, 5.74) is 1.30. The maximum absolute atomic E-state index is 14.0. The van der Waals surface area contributed by atoms with E-state index >= 15 is 0 Å². The van der Waals surface area contributed by atoms with Gasteiger partial charge >= 0.3 is 0 Å². The van der Waals surface area contributed by atoms with Gasteiger partial charge in [0, 0.05) is 35.8 Å². The minimum atomic E-state index is -0.476. The molecule has 2 aromatic heterocycles. The molecule has 0 radical (unpaired) electrons. The molecule has 7 nitrogen and oxygen atoms in total. The monoisotopic (exact) mass is 406 g/mol. The molecule has 0 saturated carbocycles. The van der Waals surface area contributed by atoms with Crippen molar-refractivity contribution in [2.75, 3.05) is 19.5 Å². The molecule has 0 amide bonds. The highest BCUT2D eigenvalue weighted by Crippen LogP contribution is 2.29. The fourth-order valence-corrected chi connectivity index (χ4v) is 2.96. The van der Waals surface area contributed by atoms with Crippen molar-refractivity contribution in [1.82, 2.24) is 15.0 Å². The molecule has 2 aromatic carbocycles. The van der Waals surface area contributed by atoms with E-state index in [1.807, 2.05) is 30.3 Å². The Bertz CT molecular complexity index is 1190. The number of halogens is 1. The molecule has 2 heterocycles. The first-order chi connectivity index (χ1) is 14.7. The Morgan fingerprint density at radius 3 is 2.63 bits per heavy atom. The number of ether oxygens (including phenoxy) is 3. The van der Waals surface area contributed by atoms with Gasteiger partial charge in [-0.1, -0.05) is 12.1 Å². The van der Waals surface area contributed by atoms with Crippen LogP contribution in [-0.2, 0) is 6.54 Å². The lowest BCUT2D eigenvalue weighted by molar-refractivity contribution is 0.387. The highest BCUT2D eigenvalue weighted by Gasteiger charge is 2.12. The number of rotatable bonds is 7. The van der Waals surface area contributed by atoms with Crippen molar-refractivity contribution in [2.45, 2.75) is 6.54 Å². The SMILES string of the molecule is COc1cccc(Oc2ncccc2CNc2ncnc3cc(F)c(OC)cc23)c1. The molecule has 0 bridgehead atoms. The van der Waals surface area contributed by atoms with Crippen LogP contribution in [0.4, 0.5) is 10.2 Å². The summed E-state index contributed by atoms with van der Waals surface area (Å²) in [5.74, 6) is 1.97. The van der Waals surface area contributed by atoms with E-state index < -0.39 is 5.82 Å². The summed E-state index contributed by atoms with van der Waals surface area (Å²) in [6.45, 7) is 0.388. The van der Waals surface area contributed by atoms with Crippen molar-refractivity contribution in [2.24, 2.45) is 0 Å². The molecule has 4 rings (SSSR count). The van der Waals surface area contributed by atoms with Crippen LogP contribution in [0.15, 0.2) is 61.1 Å². The number of hydrogen-bond acceptors (Lipinski definition) is 7. The van der Waals surface area contributed by atoms with Gasteiger partial charge in [0.2, 0.25) is 5.88 Å². The van der Waals surface area contributed by atoms with Gasteiger partial charge in [-0.2, -0.15) is 0 Å².